The minimum Gasteiger partial charge on any atom is -0.379 e. The van der Waals surface area contributed by atoms with E-state index in [0.29, 0.717) is 32.2 Å². The van der Waals surface area contributed by atoms with Gasteiger partial charge in [-0.3, -0.25) is 0 Å². The van der Waals surface area contributed by atoms with Crippen LogP contribution in [0.1, 0.15) is 24.3 Å². The summed E-state index contributed by atoms with van der Waals surface area (Å²) in [6.45, 7) is 1.81. The third-order valence-electron chi connectivity index (χ3n) is 4.11. The van der Waals surface area contributed by atoms with E-state index in [-0.39, 0.29) is 6.04 Å². The molecule has 0 atom stereocenters. The number of nitrogens with one attached hydrogen (secondary N) is 1. The molecular weight excluding hydrogens is 312 g/mol. The number of hydrogen-bond acceptors (Lipinski definition) is 3. The third-order valence-corrected chi connectivity index (χ3v) is 6.03. The molecule has 3 rings (SSSR count). The van der Waals surface area contributed by atoms with Gasteiger partial charge in [-0.15, -0.1) is 0 Å². The van der Waals surface area contributed by atoms with Gasteiger partial charge in [-0.05, 0) is 36.5 Å². The second-order valence-electron chi connectivity index (χ2n) is 5.55. The zero-order valence-electron chi connectivity index (χ0n) is 11.7. The standard InChI is InChI=1S/C14H19ClN2O3S/c15-13-3-1-11(2-4-13)12-9-14(10-12)16-21(18,19)17-5-7-20-8-6-17/h1-4,12,14,16H,5-10H2. The summed E-state index contributed by atoms with van der Waals surface area (Å²) in [4.78, 5) is 0. The van der Waals surface area contributed by atoms with Gasteiger partial charge in [0.2, 0.25) is 0 Å². The molecule has 1 N–H and O–H groups in total. The molecule has 1 aliphatic heterocycles. The van der Waals surface area contributed by atoms with E-state index in [9.17, 15) is 8.42 Å². The van der Waals surface area contributed by atoms with Crippen molar-refractivity contribution in [3.63, 3.8) is 0 Å². The molecule has 5 nitrogen and oxygen atoms in total. The van der Waals surface area contributed by atoms with Gasteiger partial charge < -0.3 is 4.74 Å². The first-order valence-electron chi connectivity index (χ1n) is 7.15. The van der Waals surface area contributed by atoms with Crippen LogP contribution in [0, 0.1) is 0 Å². The van der Waals surface area contributed by atoms with Crippen molar-refractivity contribution < 1.29 is 13.2 Å². The Morgan fingerprint density at radius 2 is 1.76 bits per heavy atom. The topological polar surface area (TPSA) is 58.6 Å². The summed E-state index contributed by atoms with van der Waals surface area (Å²) < 4.78 is 33.9. The van der Waals surface area contributed by atoms with Crippen molar-refractivity contribution in [1.82, 2.24) is 9.03 Å². The van der Waals surface area contributed by atoms with E-state index >= 15 is 0 Å². The van der Waals surface area contributed by atoms with Crippen LogP contribution < -0.4 is 4.72 Å². The molecule has 2 aliphatic rings. The summed E-state index contributed by atoms with van der Waals surface area (Å²) in [5.41, 5.74) is 1.22. The first-order chi connectivity index (χ1) is 10.0. The van der Waals surface area contributed by atoms with Gasteiger partial charge in [0, 0.05) is 24.2 Å². The molecule has 0 bridgehead atoms. The van der Waals surface area contributed by atoms with E-state index < -0.39 is 10.2 Å². The number of morpholine rings is 1. The van der Waals surface area contributed by atoms with Crippen molar-refractivity contribution in [2.24, 2.45) is 0 Å². The zero-order chi connectivity index (χ0) is 14.9. The van der Waals surface area contributed by atoms with Crippen LogP contribution in [0.2, 0.25) is 5.02 Å². The molecule has 2 fully saturated rings. The SMILES string of the molecule is O=S(=O)(NC1CC(c2ccc(Cl)cc2)C1)N1CCOCC1. The predicted molar refractivity (Wildman–Crippen MR) is 81.7 cm³/mol. The van der Waals surface area contributed by atoms with Crippen molar-refractivity contribution in [3.8, 4) is 0 Å². The van der Waals surface area contributed by atoms with E-state index in [1.165, 1.54) is 9.87 Å². The number of halogens is 1. The van der Waals surface area contributed by atoms with Crippen LogP contribution in [-0.4, -0.2) is 45.1 Å². The lowest BCUT2D eigenvalue weighted by molar-refractivity contribution is 0.0720. The Hall–Kier alpha value is -0.660. The molecule has 1 saturated carbocycles. The van der Waals surface area contributed by atoms with Crippen LogP contribution in [-0.2, 0) is 14.9 Å². The molecule has 1 aromatic rings. The first-order valence-corrected chi connectivity index (χ1v) is 8.97. The summed E-state index contributed by atoms with van der Waals surface area (Å²) >= 11 is 5.87. The lowest BCUT2D eigenvalue weighted by Crippen LogP contribution is -2.52. The van der Waals surface area contributed by atoms with Gasteiger partial charge in [-0.2, -0.15) is 17.4 Å². The molecule has 21 heavy (non-hydrogen) atoms. The van der Waals surface area contributed by atoms with Crippen LogP contribution >= 0.6 is 11.6 Å². The van der Waals surface area contributed by atoms with Crippen molar-refractivity contribution >= 4 is 21.8 Å². The van der Waals surface area contributed by atoms with E-state index in [0.717, 1.165) is 17.9 Å². The highest BCUT2D eigenvalue weighted by atomic mass is 35.5. The predicted octanol–water partition coefficient (Wildman–Crippen LogP) is 1.75. The highest BCUT2D eigenvalue weighted by molar-refractivity contribution is 7.87. The Morgan fingerprint density at radius 3 is 2.38 bits per heavy atom. The Kier molecular flexibility index (Phi) is 4.51. The fourth-order valence-corrected chi connectivity index (χ4v) is 4.31. The van der Waals surface area contributed by atoms with Crippen molar-refractivity contribution in [3.05, 3.63) is 34.9 Å². The summed E-state index contributed by atoms with van der Waals surface area (Å²) in [5.74, 6) is 0.416. The number of nitrogens with zero attached hydrogens (tertiary/aromatic N) is 1. The fraction of sp³-hybridized carbons (Fsp3) is 0.571. The smallest absolute Gasteiger partial charge is 0.279 e. The lowest BCUT2D eigenvalue weighted by Gasteiger charge is -2.37. The molecule has 0 amide bonds. The summed E-state index contributed by atoms with van der Waals surface area (Å²) in [7, 11) is -3.37. The van der Waals surface area contributed by atoms with Gasteiger partial charge in [-0.25, -0.2) is 0 Å². The van der Waals surface area contributed by atoms with Crippen LogP contribution in [0.3, 0.4) is 0 Å². The van der Waals surface area contributed by atoms with Gasteiger partial charge in [0.15, 0.2) is 0 Å². The van der Waals surface area contributed by atoms with Gasteiger partial charge in [0.25, 0.3) is 10.2 Å². The Labute approximate surface area is 130 Å². The van der Waals surface area contributed by atoms with Gasteiger partial charge in [-0.1, -0.05) is 23.7 Å². The molecule has 1 aromatic carbocycles. The maximum Gasteiger partial charge on any atom is 0.279 e. The summed E-state index contributed by atoms with van der Waals surface area (Å²) in [6, 6.07) is 7.81. The quantitative estimate of drug-likeness (QED) is 0.915. The molecule has 0 aromatic heterocycles. The Morgan fingerprint density at radius 1 is 1.14 bits per heavy atom. The maximum atomic E-state index is 12.2. The highest BCUT2D eigenvalue weighted by Gasteiger charge is 2.35. The Balaban J connectivity index is 1.53. The second-order valence-corrected chi connectivity index (χ2v) is 7.69. The molecule has 116 valence electrons. The van der Waals surface area contributed by atoms with Crippen LogP contribution in [0.4, 0.5) is 0 Å². The summed E-state index contributed by atoms with van der Waals surface area (Å²) in [6.07, 6.45) is 1.68. The highest BCUT2D eigenvalue weighted by Crippen LogP contribution is 2.37. The number of hydrogen-bond donors (Lipinski definition) is 1. The molecular formula is C14H19ClN2O3S. The number of ether oxygens (including phenoxy) is 1. The lowest BCUT2D eigenvalue weighted by atomic mass is 9.76. The van der Waals surface area contributed by atoms with E-state index in [4.69, 9.17) is 16.3 Å². The average Bonchev–Trinajstić information content (AvgIpc) is 2.45. The molecule has 1 heterocycles. The molecule has 0 unspecified atom stereocenters. The third kappa shape index (κ3) is 3.57. The minimum absolute atomic E-state index is 0.0264. The second kappa shape index (κ2) is 6.22. The monoisotopic (exact) mass is 330 g/mol. The molecule has 0 radical (unpaired) electrons. The minimum atomic E-state index is -3.37. The van der Waals surface area contributed by atoms with Crippen LogP contribution in [0.15, 0.2) is 24.3 Å². The van der Waals surface area contributed by atoms with Crippen molar-refractivity contribution in [2.45, 2.75) is 24.8 Å². The van der Waals surface area contributed by atoms with Crippen LogP contribution in [0.25, 0.3) is 0 Å². The van der Waals surface area contributed by atoms with Gasteiger partial charge >= 0.3 is 0 Å². The molecule has 7 heteroatoms. The van der Waals surface area contributed by atoms with E-state index in [1.807, 2.05) is 24.3 Å². The molecule has 0 spiro atoms. The van der Waals surface area contributed by atoms with E-state index in [1.54, 1.807) is 0 Å². The van der Waals surface area contributed by atoms with Crippen molar-refractivity contribution in [1.29, 1.82) is 0 Å². The molecule has 1 aliphatic carbocycles. The van der Waals surface area contributed by atoms with Gasteiger partial charge in [0.1, 0.15) is 0 Å². The fourth-order valence-electron chi connectivity index (χ4n) is 2.79. The number of benzene rings is 1. The normalized spacial score (nSPS) is 27.3. The largest absolute Gasteiger partial charge is 0.379 e. The maximum absolute atomic E-state index is 12.2. The number of rotatable bonds is 4. The first kappa shape index (κ1) is 15.2. The van der Waals surface area contributed by atoms with Gasteiger partial charge in [0.05, 0.1) is 13.2 Å². The average molecular weight is 331 g/mol. The van der Waals surface area contributed by atoms with E-state index in [2.05, 4.69) is 4.72 Å². The Bertz CT molecular complexity index is 579. The molecule has 1 saturated heterocycles. The van der Waals surface area contributed by atoms with Crippen LogP contribution in [0.5, 0.6) is 0 Å². The zero-order valence-corrected chi connectivity index (χ0v) is 13.2. The van der Waals surface area contributed by atoms with Crippen molar-refractivity contribution in [2.75, 3.05) is 26.3 Å². The summed E-state index contributed by atoms with van der Waals surface area (Å²) in [5, 5.41) is 0.725.